The fraction of sp³-hybridized carbons (Fsp3) is 0. The van der Waals surface area contributed by atoms with Gasteiger partial charge in [-0.25, -0.2) is 9.18 Å². The molecule has 1 heterocycles. The van der Waals surface area contributed by atoms with Gasteiger partial charge in [-0.05, 0) is 12.1 Å². The summed E-state index contributed by atoms with van der Waals surface area (Å²) in [5, 5.41) is 18.7. The van der Waals surface area contributed by atoms with Gasteiger partial charge in [0.1, 0.15) is 17.2 Å². The van der Waals surface area contributed by atoms with Crippen LogP contribution >= 0.6 is 0 Å². The van der Waals surface area contributed by atoms with Crippen LogP contribution in [0.5, 0.6) is 0 Å². The highest BCUT2D eigenvalue weighted by molar-refractivity contribution is 5.94. The maximum atomic E-state index is 13.4. The van der Waals surface area contributed by atoms with E-state index in [0.717, 1.165) is 6.07 Å². The zero-order valence-electron chi connectivity index (χ0n) is 9.09. The van der Waals surface area contributed by atoms with Crippen molar-refractivity contribution in [3.63, 3.8) is 0 Å². The molecule has 0 atom stereocenters. The van der Waals surface area contributed by atoms with Gasteiger partial charge in [-0.15, -0.1) is 10.2 Å². The number of nitrogens with one attached hydrogen (secondary N) is 1. The van der Waals surface area contributed by atoms with Crippen LogP contribution in [0, 0.1) is 5.82 Å². The maximum absolute atomic E-state index is 13.4. The lowest BCUT2D eigenvalue weighted by Crippen LogP contribution is -2.08. The molecular weight excluding hydrogens is 239 g/mol. The fourth-order valence-electron chi connectivity index (χ4n) is 1.35. The van der Waals surface area contributed by atoms with E-state index in [9.17, 15) is 9.18 Å². The molecule has 1 aromatic carbocycles. The molecule has 0 bridgehead atoms. The standard InChI is InChI=1S/C11H9FN4O2/c12-7-3-1-2-4-8(7)14-10-6(11(17)18)5-9(13)15-16-10/h1-5H,(H2,13,15)(H,14,16)(H,17,18). The molecule has 92 valence electrons. The van der Waals surface area contributed by atoms with Gasteiger partial charge in [0.05, 0.1) is 5.69 Å². The summed E-state index contributed by atoms with van der Waals surface area (Å²) in [4.78, 5) is 11.0. The average Bonchev–Trinajstić information content (AvgIpc) is 2.34. The van der Waals surface area contributed by atoms with E-state index >= 15 is 0 Å². The predicted molar refractivity (Wildman–Crippen MR) is 63.1 cm³/mol. The van der Waals surface area contributed by atoms with Crippen molar-refractivity contribution in [3.05, 3.63) is 41.7 Å². The van der Waals surface area contributed by atoms with Crippen molar-refractivity contribution >= 4 is 23.3 Å². The molecule has 0 aliphatic heterocycles. The van der Waals surface area contributed by atoms with Crippen LogP contribution < -0.4 is 11.1 Å². The summed E-state index contributed by atoms with van der Waals surface area (Å²) in [7, 11) is 0. The smallest absolute Gasteiger partial charge is 0.339 e. The zero-order chi connectivity index (χ0) is 13.1. The van der Waals surface area contributed by atoms with Crippen molar-refractivity contribution in [2.24, 2.45) is 0 Å². The fourth-order valence-corrected chi connectivity index (χ4v) is 1.35. The van der Waals surface area contributed by atoms with Gasteiger partial charge in [-0.2, -0.15) is 0 Å². The molecule has 6 nitrogen and oxygen atoms in total. The van der Waals surface area contributed by atoms with Gasteiger partial charge >= 0.3 is 5.97 Å². The highest BCUT2D eigenvalue weighted by Gasteiger charge is 2.14. The molecule has 0 unspecified atom stereocenters. The van der Waals surface area contributed by atoms with E-state index in [1.54, 1.807) is 6.07 Å². The molecule has 0 aliphatic carbocycles. The number of rotatable bonds is 3. The lowest BCUT2D eigenvalue weighted by molar-refractivity contribution is 0.0697. The number of aromatic nitrogens is 2. The number of anilines is 3. The molecule has 0 radical (unpaired) electrons. The Morgan fingerprint density at radius 2 is 2.06 bits per heavy atom. The van der Waals surface area contributed by atoms with E-state index in [2.05, 4.69) is 15.5 Å². The summed E-state index contributed by atoms with van der Waals surface area (Å²) >= 11 is 0. The monoisotopic (exact) mass is 248 g/mol. The van der Waals surface area contributed by atoms with Crippen LogP contribution in [0.1, 0.15) is 10.4 Å². The highest BCUT2D eigenvalue weighted by atomic mass is 19.1. The van der Waals surface area contributed by atoms with Gasteiger partial charge in [0.25, 0.3) is 0 Å². The van der Waals surface area contributed by atoms with E-state index < -0.39 is 11.8 Å². The molecule has 0 saturated heterocycles. The van der Waals surface area contributed by atoms with E-state index in [1.165, 1.54) is 18.2 Å². The van der Waals surface area contributed by atoms with Crippen LogP contribution in [0.25, 0.3) is 0 Å². The molecule has 4 N–H and O–H groups in total. The summed E-state index contributed by atoms with van der Waals surface area (Å²) in [5.74, 6) is -1.84. The van der Waals surface area contributed by atoms with E-state index in [4.69, 9.17) is 10.8 Å². The number of benzene rings is 1. The zero-order valence-corrected chi connectivity index (χ0v) is 9.09. The Balaban J connectivity index is 2.41. The molecule has 0 saturated carbocycles. The van der Waals surface area contributed by atoms with E-state index in [1.807, 2.05) is 0 Å². The quantitative estimate of drug-likeness (QED) is 0.763. The summed E-state index contributed by atoms with van der Waals surface area (Å²) in [6, 6.07) is 6.98. The minimum absolute atomic E-state index is 0.0218. The highest BCUT2D eigenvalue weighted by Crippen LogP contribution is 2.21. The van der Waals surface area contributed by atoms with Crippen molar-refractivity contribution in [2.45, 2.75) is 0 Å². The Hall–Kier alpha value is -2.70. The molecule has 0 amide bonds. The number of carboxylic acid groups (broad SMARTS) is 1. The lowest BCUT2D eigenvalue weighted by atomic mass is 10.2. The number of halogens is 1. The molecule has 18 heavy (non-hydrogen) atoms. The number of para-hydroxylation sites is 1. The SMILES string of the molecule is Nc1cc(C(=O)O)c(Nc2ccccc2F)nn1. The van der Waals surface area contributed by atoms with Crippen molar-refractivity contribution in [1.29, 1.82) is 0 Å². The van der Waals surface area contributed by atoms with Crippen LogP contribution in [0.4, 0.5) is 21.7 Å². The van der Waals surface area contributed by atoms with Crippen LogP contribution in [0.15, 0.2) is 30.3 Å². The molecule has 2 rings (SSSR count). The Kier molecular flexibility index (Phi) is 3.05. The number of nitrogen functional groups attached to an aromatic ring is 1. The number of carboxylic acids is 1. The first-order valence-corrected chi connectivity index (χ1v) is 4.96. The second kappa shape index (κ2) is 4.66. The molecule has 0 spiro atoms. The molecular formula is C11H9FN4O2. The van der Waals surface area contributed by atoms with Crippen molar-refractivity contribution in [2.75, 3.05) is 11.1 Å². The van der Waals surface area contributed by atoms with Gasteiger partial charge in [0, 0.05) is 6.07 Å². The number of nitrogens with zero attached hydrogens (tertiary/aromatic N) is 2. The molecule has 2 aromatic rings. The van der Waals surface area contributed by atoms with Crippen LogP contribution in [-0.4, -0.2) is 21.3 Å². The number of nitrogens with two attached hydrogens (primary N) is 1. The minimum atomic E-state index is -1.23. The number of hydrogen-bond acceptors (Lipinski definition) is 5. The number of carbonyl (C=O) groups is 1. The molecule has 0 fully saturated rings. The van der Waals surface area contributed by atoms with Crippen LogP contribution in [0.2, 0.25) is 0 Å². The van der Waals surface area contributed by atoms with Crippen molar-refractivity contribution in [1.82, 2.24) is 10.2 Å². The van der Waals surface area contributed by atoms with Gasteiger partial charge in [-0.1, -0.05) is 12.1 Å². The Bertz CT molecular complexity index is 603. The van der Waals surface area contributed by atoms with Gasteiger partial charge in [-0.3, -0.25) is 0 Å². The lowest BCUT2D eigenvalue weighted by Gasteiger charge is -2.08. The second-order valence-corrected chi connectivity index (χ2v) is 3.44. The molecule has 0 aliphatic rings. The third kappa shape index (κ3) is 2.34. The van der Waals surface area contributed by atoms with E-state index in [-0.39, 0.29) is 22.9 Å². The largest absolute Gasteiger partial charge is 0.478 e. The normalized spacial score (nSPS) is 10.1. The second-order valence-electron chi connectivity index (χ2n) is 3.44. The minimum Gasteiger partial charge on any atom is -0.478 e. The first-order valence-electron chi connectivity index (χ1n) is 4.96. The van der Waals surface area contributed by atoms with E-state index in [0.29, 0.717) is 0 Å². The first kappa shape index (κ1) is 11.8. The van der Waals surface area contributed by atoms with Gasteiger partial charge in [0.15, 0.2) is 5.82 Å². The average molecular weight is 248 g/mol. The van der Waals surface area contributed by atoms with Crippen molar-refractivity contribution in [3.8, 4) is 0 Å². The summed E-state index contributed by atoms with van der Waals surface area (Å²) < 4.78 is 13.4. The molecule has 7 heteroatoms. The first-order chi connectivity index (χ1) is 8.58. The Morgan fingerprint density at radius 1 is 1.33 bits per heavy atom. The summed E-state index contributed by atoms with van der Waals surface area (Å²) in [5.41, 5.74) is 5.28. The number of aromatic carboxylic acids is 1. The molecule has 1 aromatic heterocycles. The Morgan fingerprint density at radius 3 is 2.72 bits per heavy atom. The third-order valence-corrected chi connectivity index (χ3v) is 2.17. The summed E-state index contributed by atoms with van der Waals surface area (Å²) in [6.45, 7) is 0. The maximum Gasteiger partial charge on any atom is 0.339 e. The van der Waals surface area contributed by atoms with Gasteiger partial charge < -0.3 is 16.2 Å². The van der Waals surface area contributed by atoms with Crippen LogP contribution in [0.3, 0.4) is 0 Å². The third-order valence-electron chi connectivity index (χ3n) is 2.17. The number of hydrogen-bond donors (Lipinski definition) is 3. The predicted octanol–water partition coefficient (Wildman–Crippen LogP) is 1.64. The van der Waals surface area contributed by atoms with Crippen molar-refractivity contribution < 1.29 is 14.3 Å². The Labute approximate surface area is 101 Å². The summed E-state index contributed by atoms with van der Waals surface area (Å²) in [6.07, 6.45) is 0. The topological polar surface area (TPSA) is 101 Å². The van der Waals surface area contributed by atoms with Gasteiger partial charge in [0.2, 0.25) is 0 Å². The van der Waals surface area contributed by atoms with Crippen LogP contribution in [-0.2, 0) is 0 Å².